The molecule has 8 heteroatoms. The zero-order chi connectivity index (χ0) is 19.9. The van der Waals surface area contributed by atoms with Gasteiger partial charge in [-0.05, 0) is 17.7 Å². The van der Waals surface area contributed by atoms with Gasteiger partial charge in [0.15, 0.2) is 6.61 Å². The predicted molar refractivity (Wildman–Crippen MR) is 103 cm³/mol. The van der Waals surface area contributed by atoms with E-state index in [-0.39, 0.29) is 24.6 Å². The average molecular weight is 383 g/mol. The molecule has 2 aromatic rings. The quantitative estimate of drug-likeness (QED) is 0.430. The van der Waals surface area contributed by atoms with Crippen LogP contribution in [0.2, 0.25) is 0 Å². The highest BCUT2D eigenvalue weighted by Gasteiger charge is 2.22. The summed E-state index contributed by atoms with van der Waals surface area (Å²) in [6.07, 6.45) is 0.141. The predicted octanol–water partition coefficient (Wildman–Crippen LogP) is 2.03. The normalized spacial score (nSPS) is 13.9. The first-order valence-corrected chi connectivity index (χ1v) is 8.99. The minimum atomic E-state index is -0.431. The van der Waals surface area contributed by atoms with Gasteiger partial charge >= 0.3 is 5.97 Å². The molecule has 1 saturated heterocycles. The molecule has 0 spiro atoms. The zero-order valence-corrected chi connectivity index (χ0v) is 15.3. The number of carbonyl (C=O) groups is 2. The van der Waals surface area contributed by atoms with E-state index >= 15 is 0 Å². The van der Waals surface area contributed by atoms with Crippen molar-refractivity contribution in [3.8, 4) is 0 Å². The Bertz CT molecular complexity index is 831. The summed E-state index contributed by atoms with van der Waals surface area (Å²) in [6.45, 7) is 1.98. The van der Waals surface area contributed by atoms with Crippen LogP contribution in [0.5, 0.6) is 0 Å². The zero-order valence-electron chi connectivity index (χ0n) is 15.3. The number of non-ortho nitro benzene ring substituents is 1. The van der Waals surface area contributed by atoms with Gasteiger partial charge in [0, 0.05) is 44.0 Å². The molecule has 0 aromatic heterocycles. The van der Waals surface area contributed by atoms with Crippen molar-refractivity contribution in [3.63, 3.8) is 0 Å². The second kappa shape index (κ2) is 8.98. The van der Waals surface area contributed by atoms with Crippen molar-refractivity contribution >= 4 is 23.3 Å². The summed E-state index contributed by atoms with van der Waals surface area (Å²) < 4.78 is 5.10. The summed E-state index contributed by atoms with van der Waals surface area (Å²) in [5.74, 6) is -0.645. The first kappa shape index (κ1) is 19.3. The van der Waals surface area contributed by atoms with Gasteiger partial charge in [0.2, 0.25) is 0 Å². The highest BCUT2D eigenvalue weighted by Crippen LogP contribution is 2.20. The molecule has 0 radical (unpaired) electrons. The highest BCUT2D eigenvalue weighted by molar-refractivity contribution is 5.81. The van der Waals surface area contributed by atoms with Crippen molar-refractivity contribution in [1.82, 2.24) is 4.90 Å². The van der Waals surface area contributed by atoms with E-state index in [0.717, 1.165) is 11.3 Å². The van der Waals surface area contributed by atoms with E-state index < -0.39 is 10.9 Å². The molecule has 0 bridgehead atoms. The fourth-order valence-electron chi connectivity index (χ4n) is 3.05. The molecule has 2 aromatic carbocycles. The Kier molecular flexibility index (Phi) is 6.21. The van der Waals surface area contributed by atoms with Crippen molar-refractivity contribution in [3.05, 3.63) is 70.3 Å². The third-order valence-corrected chi connectivity index (χ3v) is 4.61. The fourth-order valence-corrected chi connectivity index (χ4v) is 3.05. The van der Waals surface area contributed by atoms with Crippen LogP contribution < -0.4 is 4.90 Å². The molecule has 1 aliphatic heterocycles. The number of benzene rings is 2. The second-order valence-corrected chi connectivity index (χ2v) is 6.46. The summed E-state index contributed by atoms with van der Waals surface area (Å²) in [5.41, 5.74) is 1.78. The Morgan fingerprint density at radius 2 is 1.61 bits per heavy atom. The van der Waals surface area contributed by atoms with E-state index in [2.05, 4.69) is 4.90 Å². The lowest BCUT2D eigenvalue weighted by Gasteiger charge is -2.36. The third kappa shape index (κ3) is 5.06. The number of amides is 1. The number of hydrogen-bond acceptors (Lipinski definition) is 6. The minimum absolute atomic E-state index is 0.0508. The Hall–Kier alpha value is -3.42. The van der Waals surface area contributed by atoms with Crippen LogP contribution in [-0.4, -0.2) is 54.5 Å². The van der Waals surface area contributed by atoms with E-state index in [0.29, 0.717) is 26.2 Å². The van der Waals surface area contributed by atoms with E-state index in [1.165, 1.54) is 12.1 Å². The molecule has 8 nitrogen and oxygen atoms in total. The van der Waals surface area contributed by atoms with Crippen molar-refractivity contribution < 1.29 is 19.2 Å². The number of hydrogen-bond donors (Lipinski definition) is 0. The Labute approximate surface area is 162 Å². The molecule has 28 heavy (non-hydrogen) atoms. The summed E-state index contributed by atoms with van der Waals surface area (Å²) in [5, 5.41) is 10.7. The first-order chi connectivity index (χ1) is 13.5. The lowest BCUT2D eigenvalue weighted by Crippen LogP contribution is -2.49. The smallest absolute Gasteiger partial charge is 0.310 e. The number of nitro benzene ring substituents is 1. The second-order valence-electron chi connectivity index (χ2n) is 6.46. The van der Waals surface area contributed by atoms with E-state index in [1.54, 1.807) is 17.0 Å². The molecule has 1 fully saturated rings. The topological polar surface area (TPSA) is 93.0 Å². The molecule has 0 atom stereocenters. The maximum absolute atomic E-state index is 12.3. The van der Waals surface area contributed by atoms with Crippen molar-refractivity contribution in [2.24, 2.45) is 0 Å². The van der Waals surface area contributed by atoms with Crippen LogP contribution in [0.1, 0.15) is 5.56 Å². The average Bonchev–Trinajstić information content (AvgIpc) is 2.73. The van der Waals surface area contributed by atoms with Crippen molar-refractivity contribution in [2.45, 2.75) is 6.42 Å². The number of carbonyl (C=O) groups excluding carboxylic acids is 2. The number of nitro groups is 1. The highest BCUT2D eigenvalue weighted by atomic mass is 16.6. The van der Waals surface area contributed by atoms with Gasteiger partial charge in [-0.2, -0.15) is 0 Å². The van der Waals surface area contributed by atoms with Crippen LogP contribution in [0, 0.1) is 10.1 Å². The molecule has 0 saturated carbocycles. The van der Waals surface area contributed by atoms with Gasteiger partial charge in [0.1, 0.15) is 0 Å². The molecule has 0 N–H and O–H groups in total. The van der Waals surface area contributed by atoms with Gasteiger partial charge in [-0.25, -0.2) is 0 Å². The van der Waals surface area contributed by atoms with Gasteiger partial charge < -0.3 is 14.5 Å². The van der Waals surface area contributed by atoms with Crippen LogP contribution >= 0.6 is 0 Å². The molecule has 1 amide bonds. The molecule has 146 valence electrons. The van der Waals surface area contributed by atoms with Crippen LogP contribution in [0.3, 0.4) is 0 Å². The summed E-state index contributed by atoms with van der Waals surface area (Å²) in [6, 6.07) is 15.6. The number of rotatable bonds is 6. The third-order valence-electron chi connectivity index (χ3n) is 4.61. The Morgan fingerprint density at radius 3 is 2.21 bits per heavy atom. The van der Waals surface area contributed by atoms with Gasteiger partial charge in [-0.3, -0.25) is 19.7 Å². The van der Waals surface area contributed by atoms with Crippen LogP contribution in [-0.2, 0) is 20.7 Å². The van der Waals surface area contributed by atoms with Gasteiger partial charge in [-0.1, -0.05) is 30.3 Å². The molecule has 3 rings (SSSR count). The molecule has 0 aliphatic carbocycles. The SMILES string of the molecule is O=C(Cc1ccccc1)OCC(=O)N1CCN(c2ccc([N+](=O)[O-])cc2)CC1. The van der Waals surface area contributed by atoms with Gasteiger partial charge in [-0.15, -0.1) is 0 Å². The number of ether oxygens (including phenoxy) is 1. The minimum Gasteiger partial charge on any atom is -0.455 e. The number of anilines is 1. The molecular weight excluding hydrogens is 362 g/mol. The molecule has 1 heterocycles. The van der Waals surface area contributed by atoms with Crippen LogP contribution in [0.4, 0.5) is 11.4 Å². The van der Waals surface area contributed by atoms with Gasteiger partial charge in [0.25, 0.3) is 11.6 Å². The lowest BCUT2D eigenvalue weighted by atomic mass is 10.2. The molecule has 0 unspecified atom stereocenters. The maximum Gasteiger partial charge on any atom is 0.310 e. The summed E-state index contributed by atoms with van der Waals surface area (Å²) in [4.78, 5) is 38.2. The van der Waals surface area contributed by atoms with Gasteiger partial charge in [0.05, 0.1) is 11.3 Å². The van der Waals surface area contributed by atoms with E-state index in [1.807, 2.05) is 30.3 Å². The number of nitrogens with zero attached hydrogens (tertiary/aromatic N) is 3. The van der Waals surface area contributed by atoms with Crippen molar-refractivity contribution in [1.29, 1.82) is 0 Å². The summed E-state index contributed by atoms with van der Waals surface area (Å²) >= 11 is 0. The Morgan fingerprint density at radius 1 is 0.964 bits per heavy atom. The number of piperazine rings is 1. The largest absolute Gasteiger partial charge is 0.455 e. The standard InChI is InChI=1S/C20H21N3O5/c24-19(15-28-20(25)14-16-4-2-1-3-5-16)22-12-10-21(11-13-22)17-6-8-18(9-7-17)23(26)27/h1-9H,10-15H2. The molecular formula is C20H21N3O5. The van der Waals surface area contributed by atoms with Crippen LogP contribution in [0.25, 0.3) is 0 Å². The lowest BCUT2D eigenvalue weighted by molar-refractivity contribution is -0.384. The van der Waals surface area contributed by atoms with E-state index in [9.17, 15) is 19.7 Å². The monoisotopic (exact) mass is 383 g/mol. The first-order valence-electron chi connectivity index (χ1n) is 8.99. The van der Waals surface area contributed by atoms with Crippen LogP contribution in [0.15, 0.2) is 54.6 Å². The summed E-state index contributed by atoms with van der Waals surface area (Å²) in [7, 11) is 0. The number of esters is 1. The van der Waals surface area contributed by atoms with Crippen molar-refractivity contribution in [2.75, 3.05) is 37.7 Å². The maximum atomic E-state index is 12.3. The fraction of sp³-hybridized carbons (Fsp3) is 0.300. The molecule has 1 aliphatic rings. The van der Waals surface area contributed by atoms with E-state index in [4.69, 9.17) is 4.74 Å². The Balaban J connectivity index is 1.43.